The summed E-state index contributed by atoms with van der Waals surface area (Å²) in [7, 11) is 0. The molecule has 0 N–H and O–H groups in total. The SMILES string of the molecule is Cc1ncc(Cc2c(F)c(F)c(F)c(F)c2F)s1. The highest BCUT2D eigenvalue weighted by Crippen LogP contribution is 2.26. The Morgan fingerprint density at radius 2 is 1.44 bits per heavy atom. The van der Waals surface area contributed by atoms with Crippen molar-refractivity contribution in [3.63, 3.8) is 0 Å². The van der Waals surface area contributed by atoms with Gasteiger partial charge in [-0.2, -0.15) is 0 Å². The molecule has 0 unspecified atom stereocenters. The normalized spacial score (nSPS) is 11.0. The van der Waals surface area contributed by atoms with Crippen LogP contribution in [-0.2, 0) is 6.42 Å². The Hall–Kier alpha value is -1.50. The van der Waals surface area contributed by atoms with Crippen LogP contribution in [0.3, 0.4) is 0 Å². The standard InChI is InChI=1S/C11H6F5NS/c1-4-17-3-5(18-4)2-6-7(12)9(14)11(16)10(15)8(6)13/h3H,2H2,1H3. The van der Waals surface area contributed by atoms with E-state index in [-0.39, 0.29) is 6.42 Å². The molecular weight excluding hydrogens is 273 g/mol. The van der Waals surface area contributed by atoms with Crippen molar-refractivity contribution in [2.24, 2.45) is 0 Å². The van der Waals surface area contributed by atoms with Gasteiger partial charge in [-0.05, 0) is 6.92 Å². The van der Waals surface area contributed by atoms with E-state index in [0.29, 0.717) is 9.88 Å². The number of halogens is 5. The Morgan fingerprint density at radius 1 is 0.944 bits per heavy atom. The lowest BCUT2D eigenvalue weighted by atomic mass is 10.1. The van der Waals surface area contributed by atoms with Crippen molar-refractivity contribution in [2.75, 3.05) is 0 Å². The second-order valence-corrected chi connectivity index (χ2v) is 4.89. The molecule has 1 aromatic heterocycles. The summed E-state index contributed by atoms with van der Waals surface area (Å²) in [6, 6.07) is 0. The second kappa shape index (κ2) is 4.64. The van der Waals surface area contributed by atoms with E-state index < -0.39 is 34.6 Å². The van der Waals surface area contributed by atoms with Crippen molar-refractivity contribution in [2.45, 2.75) is 13.3 Å². The number of rotatable bonds is 2. The van der Waals surface area contributed by atoms with Crippen LogP contribution in [0.4, 0.5) is 22.0 Å². The molecule has 2 rings (SSSR count). The van der Waals surface area contributed by atoms with Gasteiger partial charge >= 0.3 is 0 Å². The van der Waals surface area contributed by atoms with Gasteiger partial charge in [-0.1, -0.05) is 0 Å². The highest BCUT2D eigenvalue weighted by Gasteiger charge is 2.25. The molecule has 7 heteroatoms. The molecular formula is C11H6F5NS. The van der Waals surface area contributed by atoms with Gasteiger partial charge in [-0.25, -0.2) is 26.9 Å². The molecule has 18 heavy (non-hydrogen) atoms. The first kappa shape index (κ1) is 12.9. The fourth-order valence-electron chi connectivity index (χ4n) is 1.47. The number of aryl methyl sites for hydroxylation is 1. The molecule has 0 atom stereocenters. The van der Waals surface area contributed by atoms with E-state index in [1.54, 1.807) is 6.92 Å². The predicted octanol–water partition coefficient (Wildman–Crippen LogP) is 3.74. The minimum absolute atomic E-state index is 0.378. The van der Waals surface area contributed by atoms with Gasteiger partial charge in [0.25, 0.3) is 0 Å². The van der Waals surface area contributed by atoms with Gasteiger partial charge in [0.2, 0.25) is 5.82 Å². The van der Waals surface area contributed by atoms with Crippen molar-refractivity contribution < 1.29 is 22.0 Å². The van der Waals surface area contributed by atoms with Crippen LogP contribution in [-0.4, -0.2) is 4.98 Å². The van der Waals surface area contributed by atoms with Crippen LogP contribution in [0.1, 0.15) is 15.4 Å². The van der Waals surface area contributed by atoms with Crippen LogP contribution < -0.4 is 0 Å². The Bertz CT molecular complexity index is 579. The van der Waals surface area contributed by atoms with Gasteiger partial charge in [0.15, 0.2) is 23.3 Å². The average Bonchev–Trinajstić information content (AvgIpc) is 2.75. The van der Waals surface area contributed by atoms with Crippen LogP contribution >= 0.6 is 11.3 Å². The highest BCUT2D eigenvalue weighted by molar-refractivity contribution is 7.11. The third-order valence-corrected chi connectivity index (χ3v) is 3.23. The number of benzene rings is 1. The molecule has 0 spiro atoms. The van der Waals surface area contributed by atoms with Gasteiger partial charge in [0, 0.05) is 23.1 Å². The Labute approximate surface area is 103 Å². The van der Waals surface area contributed by atoms with Crippen LogP contribution in [0.2, 0.25) is 0 Å². The van der Waals surface area contributed by atoms with Gasteiger partial charge in [-0.15, -0.1) is 11.3 Å². The summed E-state index contributed by atoms with van der Waals surface area (Å²) in [6.07, 6.45) is 0.968. The lowest BCUT2D eigenvalue weighted by Gasteiger charge is -2.06. The highest BCUT2D eigenvalue weighted by atomic mass is 32.1. The summed E-state index contributed by atoms with van der Waals surface area (Å²) in [5.74, 6) is -9.58. The molecule has 1 aromatic carbocycles. The smallest absolute Gasteiger partial charge is 0.200 e. The first-order chi connectivity index (χ1) is 8.41. The van der Waals surface area contributed by atoms with E-state index in [0.717, 1.165) is 11.3 Å². The fraction of sp³-hybridized carbons (Fsp3) is 0.182. The summed E-state index contributed by atoms with van der Waals surface area (Å²) in [5.41, 5.74) is -0.838. The van der Waals surface area contributed by atoms with Crippen molar-refractivity contribution in [1.29, 1.82) is 0 Å². The summed E-state index contributed by atoms with van der Waals surface area (Å²) in [6.45, 7) is 1.67. The molecule has 0 saturated heterocycles. The molecule has 0 aliphatic carbocycles. The molecule has 0 bridgehead atoms. The maximum absolute atomic E-state index is 13.4. The lowest BCUT2D eigenvalue weighted by Crippen LogP contribution is -2.07. The summed E-state index contributed by atoms with van der Waals surface area (Å²) < 4.78 is 65.4. The zero-order valence-electron chi connectivity index (χ0n) is 9.03. The van der Waals surface area contributed by atoms with E-state index in [4.69, 9.17) is 0 Å². The molecule has 0 amide bonds. The molecule has 2 aromatic rings. The molecule has 0 fully saturated rings. The zero-order valence-corrected chi connectivity index (χ0v) is 9.85. The lowest BCUT2D eigenvalue weighted by molar-refractivity contribution is 0.371. The molecule has 1 heterocycles. The molecule has 96 valence electrons. The molecule has 0 aliphatic rings. The van der Waals surface area contributed by atoms with Crippen LogP contribution in [0.25, 0.3) is 0 Å². The van der Waals surface area contributed by atoms with Gasteiger partial charge in [0.1, 0.15) is 0 Å². The van der Waals surface area contributed by atoms with E-state index >= 15 is 0 Å². The van der Waals surface area contributed by atoms with Crippen molar-refractivity contribution >= 4 is 11.3 Å². The molecule has 0 aliphatic heterocycles. The summed E-state index contributed by atoms with van der Waals surface area (Å²) in [4.78, 5) is 4.27. The van der Waals surface area contributed by atoms with Crippen LogP contribution in [0, 0.1) is 36.0 Å². The van der Waals surface area contributed by atoms with Crippen LogP contribution in [0.15, 0.2) is 6.20 Å². The summed E-state index contributed by atoms with van der Waals surface area (Å²) >= 11 is 1.13. The van der Waals surface area contributed by atoms with Crippen LogP contribution in [0.5, 0.6) is 0 Å². The van der Waals surface area contributed by atoms with Crippen molar-refractivity contribution in [1.82, 2.24) is 4.98 Å². The number of nitrogens with zero attached hydrogens (tertiary/aromatic N) is 1. The van der Waals surface area contributed by atoms with E-state index in [1.807, 2.05) is 0 Å². The van der Waals surface area contributed by atoms with Gasteiger partial charge < -0.3 is 0 Å². The second-order valence-electron chi connectivity index (χ2n) is 3.57. The minimum atomic E-state index is -2.14. The maximum Gasteiger partial charge on any atom is 0.200 e. The van der Waals surface area contributed by atoms with Crippen molar-refractivity contribution in [3.8, 4) is 0 Å². The molecule has 0 radical (unpaired) electrons. The zero-order chi connectivity index (χ0) is 13.4. The van der Waals surface area contributed by atoms with Gasteiger partial charge in [-0.3, -0.25) is 0 Å². The first-order valence-corrected chi connectivity index (χ1v) is 5.65. The minimum Gasteiger partial charge on any atom is -0.250 e. The Kier molecular flexibility index (Phi) is 3.34. The van der Waals surface area contributed by atoms with E-state index in [1.165, 1.54) is 6.20 Å². The Balaban J connectivity index is 2.51. The largest absolute Gasteiger partial charge is 0.250 e. The Morgan fingerprint density at radius 3 is 1.89 bits per heavy atom. The first-order valence-electron chi connectivity index (χ1n) is 4.83. The fourth-order valence-corrected chi connectivity index (χ4v) is 2.27. The van der Waals surface area contributed by atoms with Gasteiger partial charge in [0.05, 0.1) is 5.01 Å². The molecule has 0 saturated carbocycles. The van der Waals surface area contributed by atoms with E-state index in [2.05, 4.69) is 4.98 Å². The topological polar surface area (TPSA) is 12.9 Å². The number of hydrogen-bond donors (Lipinski definition) is 0. The number of thiazole rings is 1. The summed E-state index contributed by atoms with van der Waals surface area (Å²) in [5, 5.41) is 0.647. The third kappa shape index (κ3) is 2.10. The predicted molar refractivity (Wildman–Crippen MR) is 55.9 cm³/mol. The number of hydrogen-bond acceptors (Lipinski definition) is 2. The maximum atomic E-state index is 13.4. The van der Waals surface area contributed by atoms with E-state index in [9.17, 15) is 22.0 Å². The third-order valence-electron chi connectivity index (χ3n) is 2.32. The average molecular weight is 279 g/mol. The molecule has 1 nitrogen and oxygen atoms in total. The monoisotopic (exact) mass is 279 g/mol. The number of aromatic nitrogens is 1. The van der Waals surface area contributed by atoms with Crippen molar-refractivity contribution in [3.05, 3.63) is 50.7 Å². The quantitative estimate of drug-likeness (QED) is 0.463.